The Balaban J connectivity index is 1.53. The third kappa shape index (κ3) is 9.76. The van der Waals surface area contributed by atoms with Crippen molar-refractivity contribution in [3.05, 3.63) is 75.1 Å². The summed E-state index contributed by atoms with van der Waals surface area (Å²) in [5.74, 6) is 1.55. The van der Waals surface area contributed by atoms with Crippen molar-refractivity contribution in [2.75, 3.05) is 19.8 Å². The molecular weight excluding hydrogens is 545 g/mol. The van der Waals surface area contributed by atoms with Crippen LogP contribution in [0.1, 0.15) is 43.4 Å². The SMILES string of the molecule is CC(C)Cc1ccc(CCCOc2ccc(CNCCCO[P+](=O)O)cc2-c2cccs2)cc1Br. The molecule has 188 valence electrons. The van der Waals surface area contributed by atoms with Gasteiger partial charge in [0.05, 0.1) is 6.61 Å². The van der Waals surface area contributed by atoms with E-state index in [2.05, 4.69) is 93.5 Å². The second-order valence-corrected chi connectivity index (χ2v) is 11.4. The van der Waals surface area contributed by atoms with Crippen molar-refractivity contribution in [2.24, 2.45) is 5.92 Å². The summed E-state index contributed by atoms with van der Waals surface area (Å²) in [5.41, 5.74) is 4.97. The van der Waals surface area contributed by atoms with E-state index in [1.54, 1.807) is 11.3 Å². The van der Waals surface area contributed by atoms with Crippen LogP contribution in [-0.2, 0) is 28.5 Å². The minimum absolute atomic E-state index is 0.269. The first-order chi connectivity index (χ1) is 16.9. The first-order valence-electron chi connectivity index (χ1n) is 12.0. The number of nitrogens with one attached hydrogen (secondary N) is 1. The zero-order valence-corrected chi connectivity index (χ0v) is 23.6. The van der Waals surface area contributed by atoms with Crippen LogP contribution >= 0.6 is 35.5 Å². The van der Waals surface area contributed by atoms with E-state index in [0.717, 1.165) is 30.6 Å². The molecule has 1 atom stereocenters. The third-order valence-corrected chi connectivity index (χ3v) is 7.52. The molecular formula is C27H34BrNO4PS+. The van der Waals surface area contributed by atoms with Crippen molar-refractivity contribution in [3.8, 4) is 16.2 Å². The summed E-state index contributed by atoms with van der Waals surface area (Å²) in [6.07, 6.45) is 3.69. The average Bonchev–Trinajstić information content (AvgIpc) is 3.35. The first-order valence-corrected chi connectivity index (χ1v) is 14.8. The zero-order valence-electron chi connectivity index (χ0n) is 20.3. The molecule has 0 amide bonds. The van der Waals surface area contributed by atoms with Gasteiger partial charge in [-0.25, -0.2) is 0 Å². The van der Waals surface area contributed by atoms with Gasteiger partial charge < -0.3 is 10.1 Å². The molecule has 3 rings (SSSR count). The van der Waals surface area contributed by atoms with E-state index < -0.39 is 8.25 Å². The van der Waals surface area contributed by atoms with E-state index in [4.69, 9.17) is 9.63 Å². The molecule has 0 saturated carbocycles. The fourth-order valence-corrected chi connectivity index (χ4v) is 5.44. The van der Waals surface area contributed by atoms with Gasteiger partial charge in [0.25, 0.3) is 0 Å². The van der Waals surface area contributed by atoms with Gasteiger partial charge in [0, 0.05) is 26.0 Å². The zero-order chi connectivity index (χ0) is 25.0. The predicted molar refractivity (Wildman–Crippen MR) is 148 cm³/mol. The maximum Gasteiger partial charge on any atom is 0.694 e. The molecule has 0 spiro atoms. The van der Waals surface area contributed by atoms with E-state index in [-0.39, 0.29) is 6.61 Å². The highest BCUT2D eigenvalue weighted by Crippen LogP contribution is 2.34. The third-order valence-electron chi connectivity index (χ3n) is 5.47. The lowest BCUT2D eigenvalue weighted by Crippen LogP contribution is -2.16. The minimum atomic E-state index is -2.51. The van der Waals surface area contributed by atoms with Crippen molar-refractivity contribution in [1.29, 1.82) is 0 Å². The molecule has 0 aliphatic rings. The van der Waals surface area contributed by atoms with E-state index in [1.807, 2.05) is 0 Å². The number of halogens is 1. The first kappa shape index (κ1) is 28.0. The second kappa shape index (κ2) is 14.8. The van der Waals surface area contributed by atoms with E-state index >= 15 is 0 Å². The van der Waals surface area contributed by atoms with Gasteiger partial charge in [-0.15, -0.1) is 20.8 Å². The quantitative estimate of drug-likeness (QED) is 0.144. The summed E-state index contributed by atoms with van der Waals surface area (Å²) < 4.78 is 22.7. The van der Waals surface area contributed by atoms with Gasteiger partial charge in [-0.05, 0) is 84.5 Å². The largest absolute Gasteiger partial charge is 0.694 e. The summed E-state index contributed by atoms with van der Waals surface area (Å²) in [4.78, 5) is 9.86. The lowest BCUT2D eigenvalue weighted by Gasteiger charge is -2.14. The van der Waals surface area contributed by atoms with Crippen LogP contribution in [0.4, 0.5) is 0 Å². The highest BCUT2D eigenvalue weighted by Gasteiger charge is 2.11. The molecule has 3 aromatic rings. The number of rotatable bonds is 15. The number of hydrogen-bond acceptors (Lipinski definition) is 5. The topological polar surface area (TPSA) is 67.8 Å². The summed E-state index contributed by atoms with van der Waals surface area (Å²) in [6.45, 7) is 6.84. The normalized spacial score (nSPS) is 11.7. The maximum absolute atomic E-state index is 10.6. The fraction of sp³-hybridized carbons (Fsp3) is 0.407. The van der Waals surface area contributed by atoms with Gasteiger partial charge in [-0.1, -0.05) is 54.0 Å². The molecule has 5 nitrogen and oxygen atoms in total. The Labute approximate surface area is 222 Å². The number of hydrogen-bond donors (Lipinski definition) is 2. The number of thiophene rings is 1. The number of benzene rings is 2. The van der Waals surface area contributed by atoms with Gasteiger partial charge in [0.15, 0.2) is 0 Å². The summed E-state index contributed by atoms with van der Waals surface area (Å²) in [5, 5.41) is 5.44. The van der Waals surface area contributed by atoms with Crippen LogP contribution < -0.4 is 10.1 Å². The van der Waals surface area contributed by atoms with Crippen LogP contribution in [-0.4, -0.2) is 24.7 Å². The van der Waals surface area contributed by atoms with Crippen molar-refractivity contribution < 1.29 is 18.7 Å². The van der Waals surface area contributed by atoms with Gasteiger partial charge >= 0.3 is 8.25 Å². The average molecular weight is 580 g/mol. The van der Waals surface area contributed by atoms with Crippen LogP contribution in [0.3, 0.4) is 0 Å². The van der Waals surface area contributed by atoms with E-state index in [9.17, 15) is 4.57 Å². The van der Waals surface area contributed by atoms with Crippen LogP contribution in [0.5, 0.6) is 5.75 Å². The molecule has 35 heavy (non-hydrogen) atoms. The van der Waals surface area contributed by atoms with Crippen molar-refractivity contribution in [3.63, 3.8) is 0 Å². The van der Waals surface area contributed by atoms with Crippen molar-refractivity contribution in [1.82, 2.24) is 5.32 Å². The van der Waals surface area contributed by atoms with E-state index in [1.165, 1.54) is 26.0 Å². The molecule has 2 N–H and O–H groups in total. The van der Waals surface area contributed by atoms with Crippen LogP contribution in [0, 0.1) is 5.92 Å². The van der Waals surface area contributed by atoms with Crippen LogP contribution in [0.15, 0.2) is 58.4 Å². The minimum Gasteiger partial charge on any atom is -0.493 e. The highest BCUT2D eigenvalue weighted by atomic mass is 79.9. The van der Waals surface area contributed by atoms with Crippen LogP contribution in [0.25, 0.3) is 10.4 Å². The summed E-state index contributed by atoms with van der Waals surface area (Å²) in [7, 11) is -2.51. The molecule has 1 aromatic heterocycles. The number of aryl methyl sites for hydroxylation is 1. The molecule has 2 aromatic carbocycles. The maximum atomic E-state index is 10.6. The molecule has 0 aliphatic carbocycles. The summed E-state index contributed by atoms with van der Waals surface area (Å²) in [6, 6.07) is 17.2. The lowest BCUT2D eigenvalue weighted by molar-refractivity contribution is 0.276. The standard InChI is InChI=1S/C27H33BrNO4PS/c1-20(2)16-23-10-8-21(18-25(23)28)6-3-13-32-26-11-9-22(17-24(26)27-7-4-15-35-27)19-29-12-5-14-33-34(30)31/h4,7-11,15,17-18,20,29H,3,5-6,12-14,16,19H2,1-2H3/p+1. The van der Waals surface area contributed by atoms with Gasteiger partial charge in [-0.2, -0.15) is 0 Å². The molecule has 1 unspecified atom stereocenters. The van der Waals surface area contributed by atoms with Crippen LogP contribution in [0.2, 0.25) is 0 Å². The molecule has 0 aliphatic heterocycles. The molecule has 0 radical (unpaired) electrons. The Morgan fingerprint density at radius 1 is 1.09 bits per heavy atom. The molecule has 1 heterocycles. The van der Waals surface area contributed by atoms with Crippen molar-refractivity contribution >= 4 is 35.5 Å². The Hall–Kier alpha value is -1.60. The van der Waals surface area contributed by atoms with Crippen molar-refractivity contribution in [2.45, 2.75) is 46.1 Å². The smallest absolute Gasteiger partial charge is 0.493 e. The molecule has 8 heteroatoms. The Morgan fingerprint density at radius 3 is 2.63 bits per heavy atom. The van der Waals surface area contributed by atoms with Gasteiger partial charge in [0.2, 0.25) is 0 Å². The van der Waals surface area contributed by atoms with Gasteiger partial charge in [-0.3, -0.25) is 0 Å². The van der Waals surface area contributed by atoms with E-state index in [0.29, 0.717) is 32.0 Å². The fourth-order valence-electron chi connectivity index (χ4n) is 3.82. The lowest BCUT2D eigenvalue weighted by atomic mass is 10.0. The Bertz CT molecular complexity index is 1080. The predicted octanol–water partition coefficient (Wildman–Crippen LogP) is 7.53. The number of ether oxygens (including phenoxy) is 1. The summed E-state index contributed by atoms with van der Waals surface area (Å²) >= 11 is 5.44. The monoisotopic (exact) mass is 578 g/mol. The Kier molecular flexibility index (Phi) is 11.9. The Morgan fingerprint density at radius 2 is 1.91 bits per heavy atom. The molecule has 0 saturated heterocycles. The molecule has 0 fully saturated rings. The highest BCUT2D eigenvalue weighted by molar-refractivity contribution is 9.10. The second-order valence-electron chi connectivity index (χ2n) is 8.88. The molecule has 0 bridgehead atoms. The van der Waals surface area contributed by atoms with Gasteiger partial charge in [0.1, 0.15) is 12.4 Å².